The quantitative estimate of drug-likeness (QED) is 0.302. The maximum atomic E-state index is 13.7. The Labute approximate surface area is 248 Å². The molecule has 2 aromatic carbocycles. The van der Waals surface area contributed by atoms with Crippen LogP contribution in [0.4, 0.5) is 10.5 Å². The first kappa shape index (κ1) is 28.4. The molecule has 3 aromatic rings. The Morgan fingerprint density at radius 2 is 1.93 bits per heavy atom. The summed E-state index contributed by atoms with van der Waals surface area (Å²) in [4.78, 5) is 27.8. The minimum atomic E-state index is -0.547. The van der Waals surface area contributed by atoms with Gasteiger partial charge in [0.1, 0.15) is 18.4 Å². The van der Waals surface area contributed by atoms with Crippen molar-refractivity contribution in [2.45, 2.75) is 97.3 Å². The van der Waals surface area contributed by atoms with Crippen LogP contribution in [0, 0.1) is 18.3 Å². The molecule has 0 radical (unpaired) electrons. The van der Waals surface area contributed by atoms with Gasteiger partial charge in [-0.2, -0.15) is 0 Å². The maximum absolute atomic E-state index is 13.7. The first-order valence-electron chi connectivity index (χ1n) is 15.3. The Balaban J connectivity index is 1.09. The third kappa shape index (κ3) is 5.09. The first-order chi connectivity index (χ1) is 20.1. The lowest BCUT2D eigenvalue weighted by Gasteiger charge is -2.54. The number of hydrogen-bond donors (Lipinski definition) is 0. The molecule has 1 amide bonds. The number of fused-ring (bicyclic) bond motifs is 3. The number of esters is 1. The standard InChI is InChI=1S/C34H42N4O4/c1-22(2)24-9-13-29-25(17-24)10-14-30-33(29,4)15-6-16-34(30,5)31(39)41-21-26-18-37(36-35-26)19-28-20-38(32(40)42-28)27-11-7-23(3)8-12-27/h7-9,11-13,17-18,22,28,30H,6,10,14-16,19-21H2,1-5H3/t28?,30-,33-,34-/m1/s1. The summed E-state index contributed by atoms with van der Waals surface area (Å²) in [6, 6.07) is 14.8. The van der Waals surface area contributed by atoms with E-state index in [1.54, 1.807) is 15.8 Å². The van der Waals surface area contributed by atoms with E-state index in [0.717, 1.165) is 43.4 Å². The van der Waals surface area contributed by atoms with E-state index in [2.05, 4.69) is 56.2 Å². The molecular formula is C34H42N4O4. The Kier molecular flexibility index (Phi) is 7.36. The van der Waals surface area contributed by atoms with E-state index in [-0.39, 0.29) is 36.1 Å². The highest BCUT2D eigenvalue weighted by atomic mass is 16.6. The Hall–Kier alpha value is -3.68. The number of aromatic nitrogens is 3. The molecule has 1 aliphatic heterocycles. The van der Waals surface area contributed by atoms with Crippen LogP contribution >= 0.6 is 0 Å². The average Bonchev–Trinajstić information content (AvgIpc) is 3.57. The van der Waals surface area contributed by atoms with Gasteiger partial charge in [0.25, 0.3) is 0 Å². The summed E-state index contributed by atoms with van der Waals surface area (Å²) in [6.07, 6.45) is 5.98. The normalized spacial score (nSPS) is 27.0. The van der Waals surface area contributed by atoms with Crippen LogP contribution in [-0.4, -0.2) is 39.7 Å². The molecule has 2 heterocycles. The Morgan fingerprint density at radius 1 is 1.14 bits per heavy atom. The number of benzene rings is 2. The Bertz CT molecular complexity index is 1480. The number of cyclic esters (lactones) is 1. The number of amides is 1. The summed E-state index contributed by atoms with van der Waals surface area (Å²) >= 11 is 0. The molecule has 2 aliphatic carbocycles. The zero-order valence-corrected chi connectivity index (χ0v) is 25.4. The van der Waals surface area contributed by atoms with Crippen molar-refractivity contribution in [1.29, 1.82) is 0 Å². The van der Waals surface area contributed by atoms with Gasteiger partial charge in [0.05, 0.1) is 24.7 Å². The Morgan fingerprint density at radius 3 is 2.69 bits per heavy atom. The van der Waals surface area contributed by atoms with Gasteiger partial charge in [-0.3, -0.25) is 9.69 Å². The molecule has 0 spiro atoms. The monoisotopic (exact) mass is 570 g/mol. The lowest BCUT2D eigenvalue weighted by molar-refractivity contribution is -0.166. The van der Waals surface area contributed by atoms with Crippen LogP contribution in [0.5, 0.6) is 0 Å². The van der Waals surface area contributed by atoms with Crippen LogP contribution in [-0.2, 0) is 39.3 Å². The van der Waals surface area contributed by atoms with Crippen molar-refractivity contribution >= 4 is 17.7 Å². The zero-order valence-electron chi connectivity index (χ0n) is 25.4. The van der Waals surface area contributed by atoms with Crippen LogP contribution in [0.1, 0.15) is 87.2 Å². The fourth-order valence-electron chi connectivity index (χ4n) is 7.67. The van der Waals surface area contributed by atoms with Crippen molar-refractivity contribution in [3.63, 3.8) is 0 Å². The van der Waals surface area contributed by atoms with E-state index in [0.29, 0.717) is 24.7 Å². The zero-order chi connectivity index (χ0) is 29.6. The van der Waals surface area contributed by atoms with Crippen LogP contribution in [0.25, 0.3) is 0 Å². The van der Waals surface area contributed by atoms with Crippen LogP contribution < -0.4 is 4.90 Å². The number of carbonyl (C=O) groups is 2. The molecule has 8 heteroatoms. The summed E-state index contributed by atoms with van der Waals surface area (Å²) in [5.41, 5.74) is 6.19. The average molecular weight is 571 g/mol. The third-order valence-electron chi connectivity index (χ3n) is 10.1. The summed E-state index contributed by atoms with van der Waals surface area (Å²) < 4.78 is 13.2. The molecule has 6 rings (SSSR count). The molecule has 8 nitrogen and oxygen atoms in total. The molecule has 42 heavy (non-hydrogen) atoms. The van der Waals surface area contributed by atoms with Crippen LogP contribution in [0.2, 0.25) is 0 Å². The molecule has 1 unspecified atom stereocenters. The summed E-state index contributed by atoms with van der Waals surface area (Å²) in [7, 11) is 0. The molecular weight excluding hydrogens is 528 g/mol. The molecule has 0 N–H and O–H groups in total. The summed E-state index contributed by atoms with van der Waals surface area (Å²) in [5.74, 6) is 0.591. The van der Waals surface area contributed by atoms with E-state index in [9.17, 15) is 9.59 Å². The summed E-state index contributed by atoms with van der Waals surface area (Å²) in [6.45, 7) is 11.9. The van der Waals surface area contributed by atoms with E-state index in [1.807, 2.05) is 31.2 Å². The number of anilines is 1. The number of hydrogen-bond acceptors (Lipinski definition) is 6. The molecule has 2 fully saturated rings. The fourth-order valence-corrected chi connectivity index (χ4v) is 7.67. The largest absolute Gasteiger partial charge is 0.459 e. The van der Waals surface area contributed by atoms with Crippen molar-refractivity contribution < 1.29 is 19.1 Å². The van der Waals surface area contributed by atoms with E-state index < -0.39 is 5.41 Å². The number of carbonyl (C=O) groups excluding carboxylic acids is 2. The highest BCUT2D eigenvalue weighted by molar-refractivity contribution is 5.89. The number of nitrogens with zero attached hydrogens (tertiary/aromatic N) is 4. The molecule has 4 atom stereocenters. The smallest absolute Gasteiger partial charge is 0.414 e. The minimum Gasteiger partial charge on any atom is -0.459 e. The lowest BCUT2D eigenvalue weighted by Crippen LogP contribution is -2.52. The van der Waals surface area contributed by atoms with Crippen molar-refractivity contribution in [2.75, 3.05) is 11.4 Å². The predicted octanol–water partition coefficient (Wildman–Crippen LogP) is 6.49. The van der Waals surface area contributed by atoms with E-state index in [4.69, 9.17) is 9.47 Å². The molecule has 3 aliphatic rings. The second kappa shape index (κ2) is 10.9. The van der Waals surface area contributed by atoms with Gasteiger partial charge in [0, 0.05) is 5.69 Å². The molecule has 222 valence electrons. The number of ether oxygens (including phenoxy) is 2. The van der Waals surface area contributed by atoms with Gasteiger partial charge in [-0.15, -0.1) is 5.10 Å². The van der Waals surface area contributed by atoms with Gasteiger partial charge in [0.2, 0.25) is 0 Å². The molecule has 1 saturated heterocycles. The van der Waals surface area contributed by atoms with Gasteiger partial charge in [-0.1, -0.05) is 68.3 Å². The highest BCUT2D eigenvalue weighted by Gasteiger charge is 2.55. The molecule has 1 aromatic heterocycles. The van der Waals surface area contributed by atoms with Crippen molar-refractivity contribution in [3.8, 4) is 0 Å². The topological polar surface area (TPSA) is 86.6 Å². The number of rotatable bonds is 7. The van der Waals surface area contributed by atoms with Crippen LogP contribution in [0.3, 0.4) is 0 Å². The highest BCUT2D eigenvalue weighted by Crippen LogP contribution is 2.57. The van der Waals surface area contributed by atoms with Crippen molar-refractivity contribution in [3.05, 3.63) is 76.6 Å². The van der Waals surface area contributed by atoms with Crippen LogP contribution in [0.15, 0.2) is 48.7 Å². The fraction of sp³-hybridized carbons (Fsp3) is 0.529. The first-order valence-corrected chi connectivity index (χ1v) is 15.3. The van der Waals surface area contributed by atoms with Gasteiger partial charge in [-0.25, -0.2) is 9.48 Å². The molecule has 0 bridgehead atoms. The van der Waals surface area contributed by atoms with Gasteiger partial charge in [-0.05, 0) is 85.6 Å². The van der Waals surface area contributed by atoms with Crippen molar-refractivity contribution in [2.24, 2.45) is 11.3 Å². The maximum Gasteiger partial charge on any atom is 0.414 e. The summed E-state index contributed by atoms with van der Waals surface area (Å²) in [5, 5.41) is 8.44. The predicted molar refractivity (Wildman–Crippen MR) is 160 cm³/mol. The van der Waals surface area contributed by atoms with E-state index >= 15 is 0 Å². The lowest BCUT2D eigenvalue weighted by atomic mass is 9.49. The number of aryl methyl sites for hydroxylation is 2. The third-order valence-corrected chi connectivity index (χ3v) is 10.1. The minimum absolute atomic E-state index is 0.0383. The van der Waals surface area contributed by atoms with Crippen molar-refractivity contribution in [1.82, 2.24) is 15.0 Å². The van der Waals surface area contributed by atoms with E-state index in [1.165, 1.54) is 16.7 Å². The van der Waals surface area contributed by atoms with Gasteiger partial charge >= 0.3 is 12.1 Å². The molecule has 1 saturated carbocycles. The van der Waals surface area contributed by atoms with Gasteiger partial charge in [0.15, 0.2) is 0 Å². The SMILES string of the molecule is Cc1ccc(N2CC(Cn3cc(COC(=O)[C@]4(C)CCC[C@]5(C)c6ccc(C(C)C)cc6CC[C@@H]45)nn3)OC2=O)cc1. The van der Waals surface area contributed by atoms with Gasteiger partial charge < -0.3 is 9.47 Å². The second-order valence-electron chi connectivity index (χ2n) is 13.3. The second-order valence-corrected chi connectivity index (χ2v) is 13.3.